The fourth-order valence-corrected chi connectivity index (χ4v) is 3.25. The van der Waals surface area contributed by atoms with Gasteiger partial charge in [-0.3, -0.25) is 14.9 Å². The molecule has 0 bridgehead atoms. The van der Waals surface area contributed by atoms with E-state index in [0.717, 1.165) is 11.1 Å². The third-order valence-electron chi connectivity index (χ3n) is 3.76. The van der Waals surface area contributed by atoms with Gasteiger partial charge in [-0.25, -0.2) is 0 Å². The second-order valence-corrected chi connectivity index (χ2v) is 7.09. The normalized spacial score (nSPS) is 15.0. The van der Waals surface area contributed by atoms with Gasteiger partial charge in [0.25, 0.3) is 5.69 Å². The van der Waals surface area contributed by atoms with Crippen LogP contribution in [0.25, 0.3) is 0 Å². The van der Waals surface area contributed by atoms with E-state index < -0.39 is 4.92 Å². The zero-order valence-electron chi connectivity index (χ0n) is 15.1. The number of halogens is 1. The number of thioether (sulfide) groups is 1. The molecular formula is C18H15ClN4O5S. The molecule has 1 aliphatic rings. The molecule has 1 aliphatic heterocycles. The van der Waals surface area contributed by atoms with Crippen LogP contribution in [0.5, 0.6) is 11.5 Å². The first-order valence-corrected chi connectivity index (χ1v) is 9.60. The Morgan fingerprint density at radius 3 is 2.76 bits per heavy atom. The van der Waals surface area contributed by atoms with Crippen molar-refractivity contribution in [3.8, 4) is 11.5 Å². The van der Waals surface area contributed by atoms with Gasteiger partial charge in [0.2, 0.25) is 5.91 Å². The number of nitrogens with one attached hydrogen (secondary N) is 1. The number of carbonyl (C=O) groups is 1. The number of amidine groups is 1. The number of hydrogen-bond donors (Lipinski definition) is 1. The summed E-state index contributed by atoms with van der Waals surface area (Å²) in [7, 11) is 1.54. The molecule has 0 atom stereocenters. The molecule has 1 fully saturated rings. The van der Waals surface area contributed by atoms with E-state index in [9.17, 15) is 14.9 Å². The second-order valence-electron chi connectivity index (χ2n) is 5.72. The van der Waals surface area contributed by atoms with E-state index in [2.05, 4.69) is 15.5 Å². The van der Waals surface area contributed by atoms with Crippen LogP contribution >= 0.6 is 23.4 Å². The largest absolute Gasteiger partial charge is 0.496 e. The van der Waals surface area contributed by atoms with Crippen LogP contribution in [0.15, 0.2) is 46.6 Å². The van der Waals surface area contributed by atoms with Crippen molar-refractivity contribution in [2.75, 3.05) is 12.9 Å². The first kappa shape index (κ1) is 20.6. The number of ether oxygens (including phenoxy) is 2. The molecule has 150 valence electrons. The molecule has 1 N–H and O–H groups in total. The van der Waals surface area contributed by atoms with Gasteiger partial charge in [0.15, 0.2) is 5.17 Å². The second kappa shape index (κ2) is 9.39. The van der Waals surface area contributed by atoms with E-state index in [1.165, 1.54) is 37.1 Å². The van der Waals surface area contributed by atoms with E-state index in [-0.39, 0.29) is 23.2 Å². The van der Waals surface area contributed by atoms with Crippen LogP contribution in [-0.4, -0.2) is 35.1 Å². The first-order valence-electron chi connectivity index (χ1n) is 8.23. The van der Waals surface area contributed by atoms with Crippen molar-refractivity contribution in [3.05, 3.63) is 62.7 Å². The van der Waals surface area contributed by atoms with Crippen molar-refractivity contribution < 1.29 is 19.2 Å². The summed E-state index contributed by atoms with van der Waals surface area (Å²) in [6.45, 7) is 0.128. The molecule has 0 spiro atoms. The van der Waals surface area contributed by atoms with E-state index in [0.29, 0.717) is 22.4 Å². The van der Waals surface area contributed by atoms with Gasteiger partial charge >= 0.3 is 0 Å². The molecule has 1 amide bonds. The molecule has 0 aliphatic carbocycles. The summed E-state index contributed by atoms with van der Waals surface area (Å²) < 4.78 is 11.0. The number of nitrogens with zero attached hydrogens (tertiary/aromatic N) is 3. The average Bonchev–Trinajstić information content (AvgIpc) is 3.12. The first-order chi connectivity index (χ1) is 14.0. The van der Waals surface area contributed by atoms with E-state index in [1.54, 1.807) is 18.3 Å². The Morgan fingerprint density at radius 1 is 1.31 bits per heavy atom. The van der Waals surface area contributed by atoms with Gasteiger partial charge < -0.3 is 14.8 Å². The minimum Gasteiger partial charge on any atom is -0.496 e. The van der Waals surface area contributed by atoms with E-state index >= 15 is 0 Å². The average molecular weight is 435 g/mol. The van der Waals surface area contributed by atoms with Crippen molar-refractivity contribution >= 4 is 46.3 Å². The van der Waals surface area contributed by atoms with Crippen LogP contribution in [0.1, 0.15) is 11.1 Å². The number of carbonyl (C=O) groups excluding carboxylic acids is 1. The molecular weight excluding hydrogens is 420 g/mol. The fraction of sp³-hybridized carbons (Fsp3) is 0.167. The lowest BCUT2D eigenvalue weighted by molar-refractivity contribution is -0.384. The van der Waals surface area contributed by atoms with Gasteiger partial charge in [-0.1, -0.05) is 23.4 Å². The summed E-state index contributed by atoms with van der Waals surface area (Å²) in [6.07, 6.45) is 1.54. The molecule has 11 heteroatoms. The van der Waals surface area contributed by atoms with Crippen LogP contribution < -0.4 is 14.8 Å². The van der Waals surface area contributed by atoms with Crippen LogP contribution in [0, 0.1) is 10.1 Å². The Morgan fingerprint density at radius 2 is 2.10 bits per heavy atom. The molecule has 29 heavy (non-hydrogen) atoms. The van der Waals surface area contributed by atoms with Gasteiger partial charge in [0.1, 0.15) is 18.1 Å². The third kappa shape index (κ3) is 5.46. The van der Waals surface area contributed by atoms with Crippen molar-refractivity contribution in [1.82, 2.24) is 5.32 Å². The van der Waals surface area contributed by atoms with Gasteiger partial charge in [0, 0.05) is 17.7 Å². The van der Waals surface area contributed by atoms with Crippen molar-refractivity contribution in [2.24, 2.45) is 10.2 Å². The molecule has 1 heterocycles. The summed E-state index contributed by atoms with van der Waals surface area (Å²) in [5.74, 6) is 1.16. The van der Waals surface area contributed by atoms with Gasteiger partial charge in [-0.05, 0) is 29.8 Å². The van der Waals surface area contributed by atoms with Gasteiger partial charge in [-0.15, -0.1) is 5.10 Å². The SMILES string of the molecule is COc1ccc(C=NN=C2NC(=O)CS2)cc1COc1ccc([N+](=O)[O-])cc1Cl. The maximum Gasteiger partial charge on any atom is 0.271 e. The highest BCUT2D eigenvalue weighted by Crippen LogP contribution is 2.30. The lowest BCUT2D eigenvalue weighted by atomic mass is 10.1. The van der Waals surface area contributed by atoms with E-state index in [1.807, 2.05) is 6.07 Å². The number of methoxy groups -OCH3 is 1. The molecule has 0 radical (unpaired) electrons. The van der Waals surface area contributed by atoms with Crippen LogP contribution in [0.4, 0.5) is 5.69 Å². The summed E-state index contributed by atoms with van der Waals surface area (Å²) in [4.78, 5) is 21.4. The highest BCUT2D eigenvalue weighted by molar-refractivity contribution is 8.15. The Balaban J connectivity index is 1.72. The maximum atomic E-state index is 11.1. The molecule has 1 saturated heterocycles. The van der Waals surface area contributed by atoms with Crippen molar-refractivity contribution in [2.45, 2.75) is 6.61 Å². The molecule has 0 aromatic heterocycles. The monoisotopic (exact) mass is 434 g/mol. The lowest BCUT2D eigenvalue weighted by Gasteiger charge is -2.12. The highest BCUT2D eigenvalue weighted by Gasteiger charge is 2.16. The quantitative estimate of drug-likeness (QED) is 0.405. The molecule has 0 unspecified atom stereocenters. The third-order valence-corrected chi connectivity index (χ3v) is 4.91. The van der Waals surface area contributed by atoms with E-state index in [4.69, 9.17) is 21.1 Å². The van der Waals surface area contributed by atoms with Crippen LogP contribution in [0.3, 0.4) is 0 Å². The number of non-ortho nitro benzene ring substituents is 1. The van der Waals surface area contributed by atoms with Crippen molar-refractivity contribution in [3.63, 3.8) is 0 Å². The maximum absolute atomic E-state index is 11.1. The summed E-state index contributed by atoms with van der Waals surface area (Å²) >= 11 is 7.34. The Labute approximate surface area is 174 Å². The van der Waals surface area contributed by atoms with Crippen LogP contribution in [0.2, 0.25) is 5.02 Å². The topological polar surface area (TPSA) is 115 Å². The lowest BCUT2D eigenvalue weighted by Crippen LogP contribution is -2.19. The van der Waals surface area contributed by atoms with Crippen molar-refractivity contribution in [1.29, 1.82) is 0 Å². The molecule has 3 rings (SSSR count). The minimum absolute atomic E-state index is 0.0993. The summed E-state index contributed by atoms with van der Waals surface area (Å²) in [5.41, 5.74) is 1.36. The zero-order chi connectivity index (χ0) is 20.8. The highest BCUT2D eigenvalue weighted by atomic mass is 35.5. The number of amides is 1. The predicted octanol–water partition coefficient (Wildman–Crippen LogP) is 3.39. The summed E-state index contributed by atoms with van der Waals surface area (Å²) in [5, 5.41) is 21.9. The van der Waals surface area contributed by atoms with Gasteiger partial charge in [0.05, 0.1) is 29.0 Å². The fourth-order valence-electron chi connectivity index (χ4n) is 2.39. The number of nitro benzene ring substituents is 1. The number of nitro groups is 1. The van der Waals surface area contributed by atoms with Crippen LogP contribution in [-0.2, 0) is 11.4 Å². The number of hydrogen-bond acceptors (Lipinski definition) is 8. The number of benzene rings is 2. The Bertz CT molecular complexity index is 1010. The standard InChI is InChI=1S/C18H15ClN4O5S/c1-27-15-4-2-11(8-20-22-18-21-17(24)10-29-18)6-12(15)9-28-16-5-3-13(23(25)26)7-14(16)19/h2-8H,9-10H2,1H3,(H,21,22,24). The molecule has 9 nitrogen and oxygen atoms in total. The molecule has 0 saturated carbocycles. The van der Waals surface area contributed by atoms with Gasteiger partial charge in [-0.2, -0.15) is 5.10 Å². The Kier molecular flexibility index (Phi) is 6.68. The minimum atomic E-state index is -0.527. The predicted molar refractivity (Wildman–Crippen MR) is 111 cm³/mol. The molecule has 2 aromatic carbocycles. The summed E-state index contributed by atoms with van der Waals surface area (Å²) in [6, 6.07) is 9.36. The zero-order valence-corrected chi connectivity index (χ0v) is 16.7. The smallest absolute Gasteiger partial charge is 0.271 e. The number of rotatable bonds is 7. The Hall–Kier alpha value is -3.11. The molecule has 2 aromatic rings.